The summed E-state index contributed by atoms with van der Waals surface area (Å²) in [6.45, 7) is 3.23. The highest BCUT2D eigenvalue weighted by atomic mass is 16.5. The van der Waals surface area contributed by atoms with Crippen LogP contribution >= 0.6 is 0 Å². The van der Waals surface area contributed by atoms with Crippen molar-refractivity contribution in [1.82, 2.24) is 5.32 Å². The highest BCUT2D eigenvalue weighted by Gasteiger charge is 2.38. The molecule has 2 rings (SSSR count). The number of amides is 1. The third-order valence-electron chi connectivity index (χ3n) is 4.10. The van der Waals surface area contributed by atoms with Crippen LogP contribution in [0.25, 0.3) is 0 Å². The molecule has 0 aromatic rings. The van der Waals surface area contributed by atoms with Crippen LogP contribution in [-0.2, 0) is 14.3 Å². The minimum absolute atomic E-state index is 0.0892. The molecule has 2 heterocycles. The van der Waals surface area contributed by atoms with E-state index in [0.29, 0.717) is 32.4 Å². The summed E-state index contributed by atoms with van der Waals surface area (Å²) in [5, 5.41) is 3.02. The molecule has 1 amide bonds. The summed E-state index contributed by atoms with van der Waals surface area (Å²) in [4.78, 5) is 12.2. The quantitative estimate of drug-likeness (QED) is 0.748. The molecule has 1 atom stereocenters. The fraction of sp³-hybridized carbons (Fsp3) is 0.923. The third kappa shape index (κ3) is 3.22. The Morgan fingerprint density at radius 3 is 2.72 bits per heavy atom. The van der Waals surface area contributed by atoms with E-state index in [4.69, 9.17) is 15.2 Å². The lowest BCUT2D eigenvalue weighted by molar-refractivity contribution is -0.135. The number of nitrogens with one attached hydrogen (secondary N) is 1. The predicted octanol–water partition coefficient (Wildman–Crippen LogP) is 0.427. The molecule has 0 saturated carbocycles. The van der Waals surface area contributed by atoms with Crippen LogP contribution in [0.2, 0.25) is 0 Å². The van der Waals surface area contributed by atoms with Gasteiger partial charge in [-0.15, -0.1) is 0 Å². The molecular weight excluding hydrogens is 232 g/mol. The molecule has 18 heavy (non-hydrogen) atoms. The molecule has 0 aromatic carbocycles. The van der Waals surface area contributed by atoms with Gasteiger partial charge in [0.25, 0.3) is 0 Å². The zero-order valence-electron chi connectivity index (χ0n) is 11.0. The number of carbonyl (C=O) groups excluding carboxylic acids is 1. The van der Waals surface area contributed by atoms with Crippen LogP contribution in [0.4, 0.5) is 0 Å². The lowest BCUT2D eigenvalue weighted by Crippen LogP contribution is -2.49. The highest BCUT2D eigenvalue weighted by Crippen LogP contribution is 2.29. The first-order valence-corrected chi connectivity index (χ1v) is 6.94. The van der Waals surface area contributed by atoms with E-state index in [-0.39, 0.29) is 5.91 Å². The molecule has 104 valence electrons. The lowest BCUT2D eigenvalue weighted by Gasteiger charge is -2.34. The summed E-state index contributed by atoms with van der Waals surface area (Å²) in [6.07, 6.45) is 4.95. The van der Waals surface area contributed by atoms with Gasteiger partial charge in [-0.3, -0.25) is 4.79 Å². The van der Waals surface area contributed by atoms with Gasteiger partial charge in [0.2, 0.25) is 5.91 Å². The van der Waals surface area contributed by atoms with Crippen molar-refractivity contribution >= 4 is 5.91 Å². The number of nitrogens with two attached hydrogens (primary N) is 1. The van der Waals surface area contributed by atoms with Gasteiger partial charge in [0.1, 0.15) is 0 Å². The van der Waals surface area contributed by atoms with Crippen LogP contribution < -0.4 is 11.1 Å². The van der Waals surface area contributed by atoms with Gasteiger partial charge in [-0.1, -0.05) is 0 Å². The maximum absolute atomic E-state index is 12.2. The van der Waals surface area contributed by atoms with E-state index in [1.807, 2.05) is 0 Å². The van der Waals surface area contributed by atoms with Crippen molar-refractivity contribution in [2.24, 2.45) is 11.1 Å². The first-order chi connectivity index (χ1) is 8.77. The van der Waals surface area contributed by atoms with Crippen molar-refractivity contribution in [3.63, 3.8) is 0 Å². The summed E-state index contributed by atoms with van der Waals surface area (Å²) >= 11 is 0. The van der Waals surface area contributed by atoms with E-state index in [1.54, 1.807) is 0 Å². The molecule has 5 nitrogen and oxygen atoms in total. The number of hydrogen-bond donors (Lipinski definition) is 2. The van der Waals surface area contributed by atoms with Crippen LogP contribution in [0.3, 0.4) is 0 Å². The number of rotatable bonds is 5. The van der Waals surface area contributed by atoms with Crippen LogP contribution in [0.1, 0.15) is 32.1 Å². The molecule has 0 aromatic heterocycles. The molecule has 0 spiro atoms. The van der Waals surface area contributed by atoms with Crippen molar-refractivity contribution < 1.29 is 14.3 Å². The zero-order valence-corrected chi connectivity index (χ0v) is 11.0. The van der Waals surface area contributed by atoms with Gasteiger partial charge < -0.3 is 20.5 Å². The molecule has 0 radical (unpaired) electrons. The summed E-state index contributed by atoms with van der Waals surface area (Å²) < 4.78 is 10.8. The Balaban J connectivity index is 1.74. The Morgan fingerprint density at radius 2 is 2.11 bits per heavy atom. The van der Waals surface area contributed by atoms with Crippen molar-refractivity contribution in [1.29, 1.82) is 0 Å². The average Bonchev–Trinajstić information content (AvgIpc) is 2.92. The second-order valence-electron chi connectivity index (χ2n) is 5.28. The van der Waals surface area contributed by atoms with Gasteiger partial charge in [-0.2, -0.15) is 0 Å². The van der Waals surface area contributed by atoms with Crippen molar-refractivity contribution in [2.75, 3.05) is 32.9 Å². The van der Waals surface area contributed by atoms with E-state index in [2.05, 4.69) is 5.32 Å². The Morgan fingerprint density at radius 1 is 1.33 bits per heavy atom. The first kappa shape index (κ1) is 13.8. The molecular formula is C13H24N2O3. The van der Waals surface area contributed by atoms with Gasteiger partial charge in [-0.25, -0.2) is 0 Å². The molecule has 5 heteroatoms. The predicted molar refractivity (Wildman–Crippen MR) is 68.1 cm³/mol. The molecule has 0 aliphatic carbocycles. The second kappa shape index (κ2) is 6.50. The standard InChI is InChI=1S/C13H24N2O3/c14-10-13(4-8-17-9-5-13)12(16)15-6-3-11-2-1-7-18-11/h11H,1-10,14H2,(H,15,16). The number of hydrogen-bond acceptors (Lipinski definition) is 4. The van der Waals surface area contributed by atoms with Gasteiger partial charge in [0.15, 0.2) is 0 Å². The maximum atomic E-state index is 12.2. The summed E-state index contributed by atoms with van der Waals surface area (Å²) in [5.41, 5.74) is 5.38. The molecule has 1 unspecified atom stereocenters. The molecule has 2 fully saturated rings. The Hall–Kier alpha value is -0.650. The van der Waals surface area contributed by atoms with Crippen LogP contribution in [0.15, 0.2) is 0 Å². The Kier molecular flexibility index (Phi) is 4.97. The largest absolute Gasteiger partial charge is 0.381 e. The van der Waals surface area contributed by atoms with E-state index < -0.39 is 5.41 Å². The SMILES string of the molecule is NCC1(C(=O)NCCC2CCCO2)CCOCC1. The monoisotopic (exact) mass is 256 g/mol. The van der Waals surface area contributed by atoms with Crippen LogP contribution in [-0.4, -0.2) is 44.9 Å². The minimum Gasteiger partial charge on any atom is -0.381 e. The molecule has 2 aliphatic rings. The number of carbonyl (C=O) groups is 1. The summed E-state index contributed by atoms with van der Waals surface area (Å²) in [7, 11) is 0. The van der Waals surface area contributed by atoms with Crippen molar-refractivity contribution in [3.05, 3.63) is 0 Å². The Labute approximate surface area is 108 Å². The molecule has 0 bridgehead atoms. The highest BCUT2D eigenvalue weighted by molar-refractivity contribution is 5.83. The van der Waals surface area contributed by atoms with Gasteiger partial charge >= 0.3 is 0 Å². The Bertz CT molecular complexity index is 271. The van der Waals surface area contributed by atoms with Crippen LogP contribution in [0, 0.1) is 5.41 Å². The second-order valence-corrected chi connectivity index (χ2v) is 5.28. The number of ether oxygens (including phenoxy) is 2. The van der Waals surface area contributed by atoms with E-state index in [9.17, 15) is 4.79 Å². The van der Waals surface area contributed by atoms with Gasteiger partial charge in [0, 0.05) is 32.9 Å². The van der Waals surface area contributed by atoms with Crippen molar-refractivity contribution in [2.45, 2.75) is 38.2 Å². The maximum Gasteiger partial charge on any atom is 0.227 e. The smallest absolute Gasteiger partial charge is 0.227 e. The fourth-order valence-electron chi connectivity index (χ4n) is 2.69. The summed E-state index contributed by atoms with van der Waals surface area (Å²) in [5.74, 6) is 0.0892. The minimum atomic E-state index is -0.408. The average molecular weight is 256 g/mol. The lowest BCUT2D eigenvalue weighted by atomic mass is 9.79. The first-order valence-electron chi connectivity index (χ1n) is 6.94. The molecule has 3 N–H and O–H groups in total. The third-order valence-corrected chi connectivity index (χ3v) is 4.10. The fourth-order valence-corrected chi connectivity index (χ4v) is 2.69. The topological polar surface area (TPSA) is 73.6 Å². The van der Waals surface area contributed by atoms with Crippen LogP contribution in [0.5, 0.6) is 0 Å². The molecule has 2 aliphatic heterocycles. The van der Waals surface area contributed by atoms with Gasteiger partial charge in [-0.05, 0) is 32.1 Å². The van der Waals surface area contributed by atoms with Crippen molar-refractivity contribution in [3.8, 4) is 0 Å². The van der Waals surface area contributed by atoms with E-state index in [1.165, 1.54) is 0 Å². The van der Waals surface area contributed by atoms with Gasteiger partial charge in [0.05, 0.1) is 11.5 Å². The van der Waals surface area contributed by atoms with E-state index in [0.717, 1.165) is 38.7 Å². The molecule has 2 saturated heterocycles. The van der Waals surface area contributed by atoms with E-state index >= 15 is 0 Å². The summed E-state index contributed by atoms with van der Waals surface area (Å²) in [6, 6.07) is 0. The normalized spacial score (nSPS) is 27.1. The zero-order chi connectivity index (χ0) is 12.8.